The predicted octanol–water partition coefficient (Wildman–Crippen LogP) is 4.55. The Bertz CT molecular complexity index is 1200. The lowest BCUT2D eigenvalue weighted by Gasteiger charge is -2.09. The minimum Gasteiger partial charge on any atom is -0.385 e. The number of benzene rings is 2. The van der Waals surface area contributed by atoms with Crippen LogP contribution in [-0.2, 0) is 23.8 Å². The molecule has 2 aromatic rings. The monoisotopic (exact) mass is 565 g/mol. The van der Waals surface area contributed by atoms with E-state index >= 15 is 0 Å². The summed E-state index contributed by atoms with van der Waals surface area (Å²) in [5.74, 6) is -0.398. The number of carbonyl (C=O) groups is 3. The van der Waals surface area contributed by atoms with Crippen molar-refractivity contribution in [3.05, 3.63) is 59.7 Å². The number of rotatable bonds is 19. The van der Waals surface area contributed by atoms with Gasteiger partial charge in [-0.25, -0.2) is 0 Å². The third-order valence-corrected chi connectivity index (χ3v) is 6.71. The van der Waals surface area contributed by atoms with E-state index in [9.17, 15) is 14.4 Å². The summed E-state index contributed by atoms with van der Waals surface area (Å²) in [6, 6.07) is 11.3. The fourth-order valence-electron chi connectivity index (χ4n) is 4.50. The zero-order chi connectivity index (χ0) is 29.5. The first kappa shape index (κ1) is 32.0. The average molecular weight is 566 g/mol. The molecule has 0 spiro atoms. The number of carbonyl (C=O) groups excluding carboxylic acids is 3. The van der Waals surface area contributed by atoms with E-state index in [4.69, 9.17) is 14.2 Å². The van der Waals surface area contributed by atoms with E-state index in [-0.39, 0.29) is 30.6 Å². The fourth-order valence-corrected chi connectivity index (χ4v) is 4.50. The molecule has 0 unspecified atom stereocenters. The molecule has 3 amide bonds. The lowest BCUT2D eigenvalue weighted by molar-refractivity contribution is -0.121. The summed E-state index contributed by atoms with van der Waals surface area (Å²) in [4.78, 5) is 37.2. The number of amides is 3. The highest BCUT2D eigenvalue weighted by Gasteiger charge is 2.24. The van der Waals surface area contributed by atoms with Crippen LogP contribution in [0.2, 0.25) is 0 Å². The van der Waals surface area contributed by atoms with Crippen molar-refractivity contribution in [2.24, 2.45) is 0 Å². The fraction of sp³-hybridized carbons (Fsp3) is 0.469. The first-order valence-corrected chi connectivity index (χ1v) is 14.4. The minimum absolute atomic E-state index is 0.0807. The van der Waals surface area contributed by atoms with Gasteiger partial charge in [-0.3, -0.25) is 14.4 Å². The maximum Gasteiger partial charge on any atom is 0.251 e. The number of hydrogen-bond donors (Lipinski definition) is 3. The predicted molar refractivity (Wildman–Crippen MR) is 161 cm³/mol. The van der Waals surface area contributed by atoms with Gasteiger partial charge in [-0.15, -0.1) is 0 Å². The number of nitrogens with one attached hydrogen (secondary N) is 3. The van der Waals surface area contributed by atoms with E-state index in [0.717, 1.165) is 47.1 Å². The Morgan fingerprint density at radius 2 is 1.39 bits per heavy atom. The Morgan fingerprint density at radius 3 is 2.12 bits per heavy atom. The standard InChI is InChI=1S/C32H43N3O6/c1-4-5-17-40-19-14-33-30(36)8-6-9-31(37)35-25-11-13-27-26-12-10-24(21-28(26)23(2)29(27)22-25)32(38)34-15-20-41-18-7-16-39-3/h10-13,21-22H,2,4-9,14-20H2,1,3H3,(H,33,36)(H,34,38)(H,35,37). The molecule has 0 atom stereocenters. The SMILES string of the molecule is C=C1c2cc(NC(=O)CCCC(=O)NCCOCCCC)ccc2-c2ccc(C(=O)NCCOCCCOC)cc21. The topological polar surface area (TPSA) is 115 Å². The second-order valence-electron chi connectivity index (χ2n) is 9.93. The Balaban J connectivity index is 1.44. The molecule has 0 heterocycles. The van der Waals surface area contributed by atoms with E-state index in [2.05, 4.69) is 29.5 Å². The van der Waals surface area contributed by atoms with Crippen molar-refractivity contribution >= 4 is 29.0 Å². The molecule has 0 saturated heterocycles. The van der Waals surface area contributed by atoms with Crippen LogP contribution in [0, 0.1) is 0 Å². The van der Waals surface area contributed by atoms with Crippen molar-refractivity contribution in [1.82, 2.24) is 10.6 Å². The van der Waals surface area contributed by atoms with Crippen LogP contribution in [0.3, 0.4) is 0 Å². The molecule has 222 valence electrons. The van der Waals surface area contributed by atoms with Crippen LogP contribution in [0.4, 0.5) is 5.69 Å². The lowest BCUT2D eigenvalue weighted by atomic mass is 10.0. The molecule has 3 rings (SSSR count). The number of methoxy groups -OCH3 is 1. The summed E-state index contributed by atoms with van der Waals surface area (Å²) < 4.78 is 15.9. The number of unbranched alkanes of at least 4 members (excludes halogenated alkanes) is 1. The van der Waals surface area contributed by atoms with E-state index in [0.29, 0.717) is 63.8 Å². The summed E-state index contributed by atoms with van der Waals surface area (Å²) in [5, 5.41) is 8.63. The van der Waals surface area contributed by atoms with Crippen molar-refractivity contribution in [3.63, 3.8) is 0 Å². The number of ether oxygens (including phenoxy) is 3. The molecule has 9 heteroatoms. The summed E-state index contributed by atoms with van der Waals surface area (Å²) in [6.45, 7) is 10.2. The Labute approximate surface area is 243 Å². The van der Waals surface area contributed by atoms with E-state index < -0.39 is 0 Å². The zero-order valence-electron chi connectivity index (χ0n) is 24.3. The van der Waals surface area contributed by atoms with Crippen molar-refractivity contribution in [2.75, 3.05) is 58.6 Å². The van der Waals surface area contributed by atoms with Gasteiger partial charge in [0.15, 0.2) is 0 Å². The van der Waals surface area contributed by atoms with Crippen molar-refractivity contribution in [1.29, 1.82) is 0 Å². The van der Waals surface area contributed by atoms with Crippen LogP contribution >= 0.6 is 0 Å². The van der Waals surface area contributed by atoms with Gasteiger partial charge >= 0.3 is 0 Å². The van der Waals surface area contributed by atoms with Crippen molar-refractivity contribution < 1.29 is 28.6 Å². The van der Waals surface area contributed by atoms with Gasteiger partial charge in [0.25, 0.3) is 5.91 Å². The molecule has 41 heavy (non-hydrogen) atoms. The maximum absolute atomic E-state index is 12.7. The van der Waals surface area contributed by atoms with Gasteiger partial charge in [0.05, 0.1) is 13.2 Å². The molecule has 0 radical (unpaired) electrons. The highest BCUT2D eigenvalue weighted by Crippen LogP contribution is 2.44. The third kappa shape index (κ3) is 10.1. The summed E-state index contributed by atoms with van der Waals surface area (Å²) in [6.07, 6.45) is 3.91. The smallest absolute Gasteiger partial charge is 0.251 e. The number of anilines is 1. The van der Waals surface area contributed by atoms with Crippen LogP contribution in [0.25, 0.3) is 16.7 Å². The average Bonchev–Trinajstić information content (AvgIpc) is 3.24. The number of hydrogen-bond acceptors (Lipinski definition) is 6. The number of fused-ring (bicyclic) bond motifs is 3. The highest BCUT2D eigenvalue weighted by atomic mass is 16.5. The van der Waals surface area contributed by atoms with Crippen molar-refractivity contribution in [2.45, 2.75) is 45.4 Å². The van der Waals surface area contributed by atoms with Crippen LogP contribution in [0.15, 0.2) is 43.0 Å². The molecule has 2 aromatic carbocycles. The molecule has 9 nitrogen and oxygen atoms in total. The molecular formula is C32H43N3O6. The molecule has 0 aliphatic heterocycles. The molecule has 0 fully saturated rings. The van der Waals surface area contributed by atoms with Crippen LogP contribution < -0.4 is 16.0 Å². The maximum atomic E-state index is 12.7. The second-order valence-corrected chi connectivity index (χ2v) is 9.93. The summed E-state index contributed by atoms with van der Waals surface area (Å²) >= 11 is 0. The van der Waals surface area contributed by atoms with Crippen LogP contribution in [0.5, 0.6) is 0 Å². The van der Waals surface area contributed by atoms with Gasteiger partial charge < -0.3 is 30.2 Å². The van der Waals surface area contributed by atoms with Crippen molar-refractivity contribution in [3.8, 4) is 11.1 Å². The molecule has 1 aliphatic carbocycles. The molecular weight excluding hydrogens is 522 g/mol. The van der Waals surface area contributed by atoms with Gasteiger partial charge in [0.2, 0.25) is 11.8 Å². The van der Waals surface area contributed by atoms with Gasteiger partial charge in [-0.2, -0.15) is 0 Å². The Morgan fingerprint density at radius 1 is 0.732 bits per heavy atom. The van der Waals surface area contributed by atoms with Gasteiger partial charge in [-0.05, 0) is 71.4 Å². The van der Waals surface area contributed by atoms with Gasteiger partial charge in [-0.1, -0.05) is 32.1 Å². The first-order valence-electron chi connectivity index (χ1n) is 14.4. The summed E-state index contributed by atoms with van der Waals surface area (Å²) in [7, 11) is 1.65. The first-order chi connectivity index (χ1) is 19.9. The van der Waals surface area contributed by atoms with Crippen LogP contribution in [0.1, 0.15) is 66.9 Å². The molecule has 3 N–H and O–H groups in total. The van der Waals surface area contributed by atoms with Gasteiger partial charge in [0.1, 0.15) is 0 Å². The molecule has 0 saturated carbocycles. The molecule has 1 aliphatic rings. The van der Waals surface area contributed by atoms with Crippen LogP contribution in [-0.4, -0.2) is 71.0 Å². The normalized spacial score (nSPS) is 11.6. The van der Waals surface area contributed by atoms with E-state index in [1.54, 1.807) is 13.2 Å². The lowest BCUT2D eigenvalue weighted by Crippen LogP contribution is -2.27. The second kappa shape index (κ2) is 17.3. The largest absolute Gasteiger partial charge is 0.385 e. The third-order valence-electron chi connectivity index (χ3n) is 6.71. The van der Waals surface area contributed by atoms with E-state index in [1.807, 2.05) is 30.3 Å². The highest BCUT2D eigenvalue weighted by molar-refractivity contribution is 6.05. The Kier molecular flexibility index (Phi) is 13.5. The Hall–Kier alpha value is -3.53. The summed E-state index contributed by atoms with van der Waals surface area (Å²) in [5.41, 5.74) is 5.85. The molecule has 0 bridgehead atoms. The molecule has 0 aromatic heterocycles. The van der Waals surface area contributed by atoms with E-state index in [1.165, 1.54) is 0 Å². The quantitative estimate of drug-likeness (QED) is 0.184. The zero-order valence-corrected chi connectivity index (χ0v) is 24.3. The van der Waals surface area contributed by atoms with Gasteiger partial charge in [0, 0.05) is 64.1 Å². The minimum atomic E-state index is -0.168.